The first kappa shape index (κ1) is 11.1. The van der Waals surface area contributed by atoms with Crippen LogP contribution in [0.4, 0.5) is 0 Å². The average Bonchev–Trinajstić information content (AvgIpc) is 2.25. The van der Waals surface area contributed by atoms with Crippen molar-refractivity contribution >= 4 is 0 Å². The molecule has 1 aromatic rings. The first-order chi connectivity index (χ1) is 6.83. The fourth-order valence-electron chi connectivity index (χ4n) is 1.08. The Bertz CT molecular complexity index is 238. The first-order valence-corrected chi connectivity index (χ1v) is 4.97. The van der Waals surface area contributed by atoms with E-state index < -0.39 is 0 Å². The standard InChI is InChI=1S/C11H18N2O/c1-10(12-2)5-7-14-9-11-4-3-6-13-8-11/h3-4,6,8,10,12H,5,7,9H2,1-2H3. The Morgan fingerprint density at radius 3 is 3.07 bits per heavy atom. The second-order valence-electron chi connectivity index (χ2n) is 3.39. The molecule has 3 nitrogen and oxygen atoms in total. The Morgan fingerprint density at radius 1 is 1.57 bits per heavy atom. The number of nitrogens with zero attached hydrogens (tertiary/aromatic N) is 1. The summed E-state index contributed by atoms with van der Waals surface area (Å²) in [5.74, 6) is 0. The molecule has 0 saturated heterocycles. The summed E-state index contributed by atoms with van der Waals surface area (Å²) >= 11 is 0. The van der Waals surface area contributed by atoms with Gasteiger partial charge in [0, 0.05) is 25.0 Å². The lowest BCUT2D eigenvalue weighted by Gasteiger charge is -2.09. The van der Waals surface area contributed by atoms with E-state index in [0.717, 1.165) is 18.6 Å². The Morgan fingerprint density at radius 2 is 2.43 bits per heavy atom. The van der Waals surface area contributed by atoms with Gasteiger partial charge in [-0.1, -0.05) is 6.07 Å². The van der Waals surface area contributed by atoms with E-state index in [-0.39, 0.29) is 0 Å². The van der Waals surface area contributed by atoms with Crippen LogP contribution in [0.15, 0.2) is 24.5 Å². The fourth-order valence-corrected chi connectivity index (χ4v) is 1.08. The molecule has 0 saturated carbocycles. The summed E-state index contributed by atoms with van der Waals surface area (Å²) in [6.07, 6.45) is 4.64. The quantitative estimate of drug-likeness (QED) is 0.698. The van der Waals surface area contributed by atoms with Crippen LogP contribution in [0.1, 0.15) is 18.9 Å². The van der Waals surface area contributed by atoms with Crippen molar-refractivity contribution in [3.63, 3.8) is 0 Å². The Hall–Kier alpha value is -0.930. The van der Waals surface area contributed by atoms with Gasteiger partial charge in [0.2, 0.25) is 0 Å². The largest absolute Gasteiger partial charge is 0.377 e. The lowest BCUT2D eigenvalue weighted by molar-refractivity contribution is 0.113. The van der Waals surface area contributed by atoms with E-state index in [1.807, 2.05) is 25.4 Å². The van der Waals surface area contributed by atoms with Crippen molar-refractivity contribution in [2.75, 3.05) is 13.7 Å². The van der Waals surface area contributed by atoms with Gasteiger partial charge in [0.25, 0.3) is 0 Å². The molecular weight excluding hydrogens is 176 g/mol. The number of ether oxygens (including phenoxy) is 1. The molecule has 14 heavy (non-hydrogen) atoms. The van der Waals surface area contributed by atoms with Gasteiger partial charge < -0.3 is 10.1 Å². The summed E-state index contributed by atoms with van der Waals surface area (Å²) in [7, 11) is 1.96. The minimum absolute atomic E-state index is 0.517. The average molecular weight is 194 g/mol. The number of rotatable bonds is 6. The summed E-state index contributed by atoms with van der Waals surface area (Å²) in [5, 5.41) is 3.17. The van der Waals surface area contributed by atoms with E-state index in [1.165, 1.54) is 0 Å². The molecule has 0 spiro atoms. The number of aromatic nitrogens is 1. The van der Waals surface area contributed by atoms with Gasteiger partial charge in [-0.2, -0.15) is 0 Å². The maximum atomic E-state index is 5.51. The van der Waals surface area contributed by atoms with Gasteiger partial charge in [0.15, 0.2) is 0 Å². The molecule has 1 heterocycles. The maximum absolute atomic E-state index is 5.51. The molecule has 1 aromatic heterocycles. The van der Waals surface area contributed by atoms with E-state index in [4.69, 9.17) is 4.74 Å². The van der Waals surface area contributed by atoms with Gasteiger partial charge in [-0.15, -0.1) is 0 Å². The van der Waals surface area contributed by atoms with Crippen LogP contribution < -0.4 is 5.32 Å². The monoisotopic (exact) mass is 194 g/mol. The van der Waals surface area contributed by atoms with Crippen LogP contribution in [0.25, 0.3) is 0 Å². The zero-order chi connectivity index (χ0) is 10.2. The van der Waals surface area contributed by atoms with Gasteiger partial charge in [0.1, 0.15) is 0 Å². The molecule has 1 rings (SSSR count). The second kappa shape index (κ2) is 6.51. The summed E-state index contributed by atoms with van der Waals surface area (Å²) in [5.41, 5.74) is 1.13. The minimum Gasteiger partial charge on any atom is -0.377 e. The van der Waals surface area contributed by atoms with Crippen LogP contribution in [0.5, 0.6) is 0 Å². The normalized spacial score (nSPS) is 12.7. The maximum Gasteiger partial charge on any atom is 0.0731 e. The smallest absolute Gasteiger partial charge is 0.0731 e. The zero-order valence-electron chi connectivity index (χ0n) is 8.86. The van der Waals surface area contributed by atoms with Crippen LogP contribution in [-0.4, -0.2) is 24.7 Å². The number of nitrogens with one attached hydrogen (secondary N) is 1. The topological polar surface area (TPSA) is 34.1 Å². The zero-order valence-corrected chi connectivity index (χ0v) is 8.86. The van der Waals surface area contributed by atoms with Gasteiger partial charge in [-0.3, -0.25) is 4.98 Å². The highest BCUT2D eigenvalue weighted by Gasteiger charge is 1.97. The molecule has 3 heteroatoms. The van der Waals surface area contributed by atoms with E-state index in [2.05, 4.69) is 17.2 Å². The summed E-state index contributed by atoms with van der Waals surface area (Å²) in [6.45, 7) is 3.59. The number of hydrogen-bond acceptors (Lipinski definition) is 3. The molecule has 0 amide bonds. The highest BCUT2D eigenvalue weighted by Crippen LogP contribution is 1.99. The van der Waals surface area contributed by atoms with E-state index in [1.54, 1.807) is 6.20 Å². The molecule has 1 unspecified atom stereocenters. The number of hydrogen-bond donors (Lipinski definition) is 1. The molecule has 0 radical (unpaired) electrons. The molecule has 0 aromatic carbocycles. The molecule has 0 aliphatic rings. The van der Waals surface area contributed by atoms with Crippen molar-refractivity contribution < 1.29 is 4.74 Å². The van der Waals surface area contributed by atoms with E-state index in [0.29, 0.717) is 12.6 Å². The van der Waals surface area contributed by atoms with Crippen LogP contribution in [0, 0.1) is 0 Å². The van der Waals surface area contributed by atoms with Crippen molar-refractivity contribution in [1.82, 2.24) is 10.3 Å². The van der Waals surface area contributed by atoms with Crippen molar-refractivity contribution in [3.8, 4) is 0 Å². The predicted molar refractivity (Wildman–Crippen MR) is 57.0 cm³/mol. The highest BCUT2D eigenvalue weighted by molar-refractivity contribution is 5.06. The molecule has 0 aliphatic carbocycles. The van der Waals surface area contributed by atoms with Crippen molar-refractivity contribution in [2.45, 2.75) is 26.0 Å². The van der Waals surface area contributed by atoms with Gasteiger partial charge in [0.05, 0.1) is 6.61 Å². The van der Waals surface area contributed by atoms with Crippen molar-refractivity contribution in [3.05, 3.63) is 30.1 Å². The second-order valence-corrected chi connectivity index (χ2v) is 3.39. The Kier molecular flexibility index (Phi) is 5.19. The summed E-state index contributed by atoms with van der Waals surface area (Å²) < 4.78 is 5.51. The van der Waals surface area contributed by atoms with Crippen LogP contribution in [0.3, 0.4) is 0 Å². The Balaban J connectivity index is 2.10. The van der Waals surface area contributed by atoms with Gasteiger partial charge in [-0.05, 0) is 32.0 Å². The minimum atomic E-state index is 0.517. The predicted octanol–water partition coefficient (Wildman–Crippen LogP) is 1.60. The molecule has 0 fully saturated rings. The van der Waals surface area contributed by atoms with E-state index in [9.17, 15) is 0 Å². The molecular formula is C11H18N2O. The van der Waals surface area contributed by atoms with Crippen LogP contribution in [0.2, 0.25) is 0 Å². The SMILES string of the molecule is CNC(C)CCOCc1cccnc1. The molecule has 1 N–H and O–H groups in total. The first-order valence-electron chi connectivity index (χ1n) is 4.97. The third kappa shape index (κ3) is 4.35. The Labute approximate surface area is 85.5 Å². The fraction of sp³-hybridized carbons (Fsp3) is 0.545. The lowest BCUT2D eigenvalue weighted by atomic mass is 10.2. The highest BCUT2D eigenvalue weighted by atomic mass is 16.5. The molecule has 1 atom stereocenters. The molecule has 0 aliphatic heterocycles. The lowest BCUT2D eigenvalue weighted by Crippen LogP contribution is -2.22. The summed E-state index contributed by atoms with van der Waals surface area (Å²) in [6, 6.07) is 4.47. The molecule has 78 valence electrons. The number of pyridine rings is 1. The van der Waals surface area contributed by atoms with E-state index >= 15 is 0 Å². The van der Waals surface area contributed by atoms with Gasteiger partial charge in [-0.25, -0.2) is 0 Å². The summed E-state index contributed by atoms with van der Waals surface area (Å²) in [4.78, 5) is 4.02. The third-order valence-corrected chi connectivity index (χ3v) is 2.18. The van der Waals surface area contributed by atoms with Crippen molar-refractivity contribution in [1.29, 1.82) is 0 Å². The third-order valence-electron chi connectivity index (χ3n) is 2.18. The van der Waals surface area contributed by atoms with Crippen LogP contribution >= 0.6 is 0 Å². The van der Waals surface area contributed by atoms with Crippen LogP contribution in [-0.2, 0) is 11.3 Å². The van der Waals surface area contributed by atoms with Crippen molar-refractivity contribution in [2.24, 2.45) is 0 Å². The molecule has 0 bridgehead atoms. The van der Waals surface area contributed by atoms with Gasteiger partial charge >= 0.3 is 0 Å².